The summed E-state index contributed by atoms with van der Waals surface area (Å²) in [6, 6.07) is 4.93. The van der Waals surface area contributed by atoms with E-state index in [-0.39, 0.29) is 0 Å². The molecule has 108 valence electrons. The number of likely N-dealkylation sites (tertiary alicyclic amines) is 1. The molecule has 1 aromatic rings. The first-order valence-electron chi connectivity index (χ1n) is 7.45. The Balaban J connectivity index is 1.92. The van der Waals surface area contributed by atoms with Crippen molar-refractivity contribution in [1.82, 2.24) is 10.2 Å². The molecule has 0 spiro atoms. The highest BCUT2D eigenvalue weighted by Gasteiger charge is 2.30. The lowest BCUT2D eigenvalue weighted by molar-refractivity contribution is 0.131. The van der Waals surface area contributed by atoms with Crippen molar-refractivity contribution >= 4 is 11.3 Å². The van der Waals surface area contributed by atoms with E-state index in [4.69, 9.17) is 0 Å². The molecule has 2 nitrogen and oxygen atoms in total. The number of nitrogens with one attached hydrogen (secondary N) is 1. The first-order chi connectivity index (χ1) is 9.00. The van der Waals surface area contributed by atoms with Gasteiger partial charge in [0.1, 0.15) is 0 Å². The molecule has 1 aliphatic heterocycles. The molecule has 0 amide bonds. The second kappa shape index (κ2) is 6.38. The van der Waals surface area contributed by atoms with Crippen molar-refractivity contribution in [3.8, 4) is 0 Å². The van der Waals surface area contributed by atoms with Crippen molar-refractivity contribution in [2.75, 3.05) is 26.7 Å². The van der Waals surface area contributed by atoms with Gasteiger partial charge in [0.2, 0.25) is 0 Å². The lowest BCUT2D eigenvalue weighted by atomic mass is 9.80. The van der Waals surface area contributed by atoms with E-state index in [1.54, 1.807) is 0 Å². The third-order valence-electron chi connectivity index (χ3n) is 4.46. The molecular weight excluding hydrogens is 252 g/mol. The van der Waals surface area contributed by atoms with Gasteiger partial charge in [-0.25, -0.2) is 0 Å². The maximum absolute atomic E-state index is 3.84. The predicted molar refractivity (Wildman–Crippen MR) is 84.7 cm³/mol. The molecule has 3 heteroatoms. The number of rotatable bonds is 5. The number of thiophene rings is 1. The fourth-order valence-electron chi connectivity index (χ4n) is 2.82. The van der Waals surface area contributed by atoms with Crippen LogP contribution in [-0.2, 0) is 0 Å². The van der Waals surface area contributed by atoms with Gasteiger partial charge in [-0.05, 0) is 55.8 Å². The van der Waals surface area contributed by atoms with E-state index in [1.807, 2.05) is 11.3 Å². The van der Waals surface area contributed by atoms with Gasteiger partial charge < -0.3 is 10.2 Å². The van der Waals surface area contributed by atoms with Crippen molar-refractivity contribution < 1.29 is 0 Å². The highest BCUT2D eigenvalue weighted by Crippen LogP contribution is 2.32. The van der Waals surface area contributed by atoms with Crippen LogP contribution in [-0.4, -0.2) is 31.6 Å². The third-order valence-corrected chi connectivity index (χ3v) is 5.41. The van der Waals surface area contributed by atoms with Gasteiger partial charge in [-0.1, -0.05) is 26.8 Å². The Kier molecular flexibility index (Phi) is 5.04. The molecule has 1 N–H and O–H groups in total. The first kappa shape index (κ1) is 15.0. The fraction of sp³-hybridized carbons (Fsp3) is 0.750. The zero-order valence-corrected chi connectivity index (χ0v) is 13.6. The van der Waals surface area contributed by atoms with Gasteiger partial charge in [0.15, 0.2) is 0 Å². The van der Waals surface area contributed by atoms with Crippen molar-refractivity contribution in [3.05, 3.63) is 22.4 Å². The van der Waals surface area contributed by atoms with Gasteiger partial charge >= 0.3 is 0 Å². The average Bonchev–Trinajstić information content (AvgIpc) is 2.87. The molecule has 1 atom stereocenters. The summed E-state index contributed by atoms with van der Waals surface area (Å²) >= 11 is 1.87. The largest absolute Gasteiger partial charge is 0.308 e. The van der Waals surface area contributed by atoms with Crippen LogP contribution in [0.3, 0.4) is 0 Å². The van der Waals surface area contributed by atoms with Crippen molar-refractivity contribution in [2.24, 2.45) is 11.3 Å². The van der Waals surface area contributed by atoms with Crippen LogP contribution in [0.1, 0.15) is 44.5 Å². The van der Waals surface area contributed by atoms with Crippen molar-refractivity contribution in [3.63, 3.8) is 0 Å². The molecule has 1 aromatic heterocycles. The van der Waals surface area contributed by atoms with E-state index in [1.165, 1.54) is 30.8 Å². The van der Waals surface area contributed by atoms with E-state index in [2.05, 4.69) is 55.5 Å². The van der Waals surface area contributed by atoms with E-state index in [9.17, 15) is 0 Å². The first-order valence-corrected chi connectivity index (χ1v) is 8.33. The predicted octanol–water partition coefficient (Wildman–Crippen LogP) is 3.77. The average molecular weight is 280 g/mol. The van der Waals surface area contributed by atoms with Gasteiger partial charge in [0.05, 0.1) is 0 Å². The van der Waals surface area contributed by atoms with Crippen LogP contribution in [0.5, 0.6) is 0 Å². The van der Waals surface area contributed by atoms with Crippen LogP contribution in [0.4, 0.5) is 0 Å². The van der Waals surface area contributed by atoms with E-state index < -0.39 is 0 Å². The highest BCUT2D eigenvalue weighted by atomic mass is 32.1. The summed E-state index contributed by atoms with van der Waals surface area (Å²) in [5, 5.41) is 6.02. The standard InChI is InChI=1S/C16H28N2S/c1-13(2)15(14-6-5-11-19-14)17-12-16(3)7-9-18(4)10-8-16/h5-6,11,13,15,17H,7-10,12H2,1-4H3. The van der Waals surface area contributed by atoms with Crippen LogP contribution in [0.15, 0.2) is 17.5 Å². The van der Waals surface area contributed by atoms with Crippen LogP contribution in [0, 0.1) is 11.3 Å². The Morgan fingerprint density at radius 2 is 2.05 bits per heavy atom. The number of hydrogen-bond acceptors (Lipinski definition) is 3. The second-order valence-electron chi connectivity index (χ2n) is 6.73. The Morgan fingerprint density at radius 1 is 1.37 bits per heavy atom. The summed E-state index contributed by atoms with van der Waals surface area (Å²) in [7, 11) is 2.23. The van der Waals surface area contributed by atoms with Gasteiger partial charge in [-0.2, -0.15) is 0 Å². The van der Waals surface area contributed by atoms with Crippen molar-refractivity contribution in [1.29, 1.82) is 0 Å². The van der Waals surface area contributed by atoms with Crippen LogP contribution in [0.25, 0.3) is 0 Å². The van der Waals surface area contributed by atoms with Crippen LogP contribution < -0.4 is 5.32 Å². The summed E-state index contributed by atoms with van der Waals surface area (Å²) < 4.78 is 0. The molecule has 1 saturated heterocycles. The summed E-state index contributed by atoms with van der Waals surface area (Å²) in [5.74, 6) is 0.647. The molecular formula is C16H28N2S. The summed E-state index contributed by atoms with van der Waals surface area (Å²) in [6.07, 6.45) is 2.62. The second-order valence-corrected chi connectivity index (χ2v) is 7.71. The molecule has 0 aromatic carbocycles. The molecule has 0 radical (unpaired) electrons. The van der Waals surface area contributed by atoms with E-state index in [0.717, 1.165) is 6.54 Å². The minimum absolute atomic E-state index is 0.469. The number of piperidine rings is 1. The van der Waals surface area contributed by atoms with Crippen molar-refractivity contribution in [2.45, 2.75) is 39.7 Å². The zero-order valence-electron chi connectivity index (χ0n) is 12.8. The Morgan fingerprint density at radius 3 is 2.58 bits per heavy atom. The monoisotopic (exact) mass is 280 g/mol. The summed E-state index contributed by atoms with van der Waals surface area (Å²) in [4.78, 5) is 3.92. The molecule has 0 bridgehead atoms. The minimum Gasteiger partial charge on any atom is -0.308 e. The third kappa shape index (κ3) is 4.04. The van der Waals surface area contributed by atoms with Gasteiger partial charge in [0, 0.05) is 17.5 Å². The molecule has 1 unspecified atom stereocenters. The normalized spacial score (nSPS) is 21.7. The Hall–Kier alpha value is -0.380. The molecule has 0 saturated carbocycles. The lowest BCUT2D eigenvalue weighted by Gasteiger charge is -2.39. The molecule has 1 aliphatic rings. The molecule has 0 aliphatic carbocycles. The number of nitrogens with zero attached hydrogens (tertiary/aromatic N) is 1. The maximum Gasteiger partial charge on any atom is 0.0438 e. The number of hydrogen-bond donors (Lipinski definition) is 1. The Bertz CT molecular complexity index is 364. The minimum atomic E-state index is 0.469. The molecule has 19 heavy (non-hydrogen) atoms. The quantitative estimate of drug-likeness (QED) is 0.883. The van der Waals surface area contributed by atoms with Gasteiger partial charge in [0.25, 0.3) is 0 Å². The van der Waals surface area contributed by atoms with E-state index in [0.29, 0.717) is 17.4 Å². The topological polar surface area (TPSA) is 15.3 Å². The lowest BCUT2D eigenvalue weighted by Crippen LogP contribution is -2.43. The highest BCUT2D eigenvalue weighted by molar-refractivity contribution is 7.10. The summed E-state index contributed by atoms with van der Waals surface area (Å²) in [5.41, 5.74) is 0.469. The smallest absolute Gasteiger partial charge is 0.0438 e. The molecule has 1 fully saturated rings. The van der Waals surface area contributed by atoms with Gasteiger partial charge in [-0.3, -0.25) is 0 Å². The van der Waals surface area contributed by atoms with Crippen LogP contribution in [0.2, 0.25) is 0 Å². The maximum atomic E-state index is 3.84. The zero-order chi connectivity index (χ0) is 13.9. The molecule has 2 heterocycles. The summed E-state index contributed by atoms with van der Waals surface area (Å²) in [6.45, 7) is 10.7. The molecule has 2 rings (SSSR count). The Labute approximate surface area is 122 Å². The van der Waals surface area contributed by atoms with Crippen LogP contribution >= 0.6 is 11.3 Å². The van der Waals surface area contributed by atoms with E-state index >= 15 is 0 Å². The fourth-order valence-corrected chi connectivity index (χ4v) is 3.80. The SMILES string of the molecule is CC(C)C(NCC1(C)CCN(C)CC1)c1cccs1. The van der Waals surface area contributed by atoms with Gasteiger partial charge in [-0.15, -0.1) is 11.3 Å².